The fourth-order valence-corrected chi connectivity index (χ4v) is 4.29. The molecule has 0 aliphatic carbocycles. The van der Waals surface area contributed by atoms with Gasteiger partial charge in [-0.1, -0.05) is 18.2 Å². The third kappa shape index (κ3) is 4.30. The first-order valence-electron chi connectivity index (χ1n) is 10.4. The molecule has 146 valence electrons. The standard InChI is InChI=1S/C24H35N3/c1-6-26(7-2)22-14-15-23(19(3)18-22)24(27-16-8-9-17-27)20-10-12-21(13-11-20)25(4)5/h10-15,18,24H,6-9,16-17H2,1-5H3. The molecule has 3 nitrogen and oxygen atoms in total. The summed E-state index contributed by atoms with van der Waals surface area (Å²) >= 11 is 0. The Hall–Kier alpha value is -2.00. The monoisotopic (exact) mass is 365 g/mol. The average Bonchev–Trinajstić information content (AvgIpc) is 3.19. The summed E-state index contributed by atoms with van der Waals surface area (Å²) in [6, 6.07) is 16.5. The van der Waals surface area contributed by atoms with Crippen LogP contribution in [0.2, 0.25) is 0 Å². The smallest absolute Gasteiger partial charge is 0.0604 e. The highest BCUT2D eigenvalue weighted by atomic mass is 15.2. The maximum Gasteiger partial charge on any atom is 0.0604 e. The molecule has 1 unspecified atom stereocenters. The number of aryl methyl sites for hydroxylation is 1. The minimum Gasteiger partial charge on any atom is -0.378 e. The molecule has 2 aromatic carbocycles. The normalized spacial score (nSPS) is 15.7. The highest BCUT2D eigenvalue weighted by Crippen LogP contribution is 2.35. The Morgan fingerprint density at radius 1 is 0.889 bits per heavy atom. The van der Waals surface area contributed by atoms with Crippen molar-refractivity contribution in [3.63, 3.8) is 0 Å². The molecule has 0 amide bonds. The van der Waals surface area contributed by atoms with Gasteiger partial charge in [-0.2, -0.15) is 0 Å². The maximum atomic E-state index is 2.66. The second-order valence-electron chi connectivity index (χ2n) is 7.84. The fraction of sp³-hybridized carbons (Fsp3) is 0.500. The average molecular weight is 366 g/mol. The van der Waals surface area contributed by atoms with Crippen molar-refractivity contribution in [1.82, 2.24) is 4.90 Å². The SMILES string of the molecule is CCN(CC)c1ccc(C(c2ccc(N(C)C)cc2)N2CCCC2)c(C)c1. The molecule has 1 heterocycles. The number of nitrogens with zero attached hydrogens (tertiary/aromatic N) is 3. The molecule has 1 aliphatic heterocycles. The molecular formula is C24H35N3. The van der Waals surface area contributed by atoms with E-state index >= 15 is 0 Å². The molecule has 1 fully saturated rings. The largest absolute Gasteiger partial charge is 0.378 e. The Morgan fingerprint density at radius 3 is 2.00 bits per heavy atom. The van der Waals surface area contributed by atoms with Crippen LogP contribution < -0.4 is 9.80 Å². The number of hydrogen-bond acceptors (Lipinski definition) is 3. The molecule has 0 spiro atoms. The van der Waals surface area contributed by atoms with Crippen LogP contribution in [0.4, 0.5) is 11.4 Å². The number of anilines is 2. The molecule has 3 rings (SSSR count). The molecule has 27 heavy (non-hydrogen) atoms. The number of likely N-dealkylation sites (tertiary alicyclic amines) is 1. The van der Waals surface area contributed by atoms with Crippen LogP contribution in [-0.2, 0) is 0 Å². The Bertz CT molecular complexity index is 726. The maximum absolute atomic E-state index is 2.66. The van der Waals surface area contributed by atoms with E-state index in [1.807, 2.05) is 0 Å². The van der Waals surface area contributed by atoms with E-state index in [9.17, 15) is 0 Å². The molecular weight excluding hydrogens is 330 g/mol. The van der Waals surface area contributed by atoms with Crippen LogP contribution in [0.3, 0.4) is 0 Å². The zero-order chi connectivity index (χ0) is 19.4. The molecule has 2 aromatic rings. The molecule has 0 N–H and O–H groups in total. The van der Waals surface area contributed by atoms with Gasteiger partial charge in [0.05, 0.1) is 6.04 Å². The van der Waals surface area contributed by atoms with Gasteiger partial charge in [-0.15, -0.1) is 0 Å². The number of rotatable bonds is 7. The van der Waals surface area contributed by atoms with Crippen LogP contribution in [0.25, 0.3) is 0 Å². The Balaban J connectivity index is 1.98. The minimum absolute atomic E-state index is 0.356. The van der Waals surface area contributed by atoms with Gasteiger partial charge in [-0.05, 0) is 87.7 Å². The van der Waals surface area contributed by atoms with E-state index in [-0.39, 0.29) is 0 Å². The van der Waals surface area contributed by atoms with E-state index < -0.39 is 0 Å². The van der Waals surface area contributed by atoms with Crippen LogP contribution in [-0.4, -0.2) is 45.2 Å². The number of benzene rings is 2. The first-order valence-corrected chi connectivity index (χ1v) is 10.4. The third-order valence-corrected chi connectivity index (χ3v) is 5.91. The van der Waals surface area contributed by atoms with E-state index in [4.69, 9.17) is 0 Å². The van der Waals surface area contributed by atoms with E-state index in [0.29, 0.717) is 6.04 Å². The Kier molecular flexibility index (Phi) is 6.43. The van der Waals surface area contributed by atoms with Gasteiger partial charge in [0.2, 0.25) is 0 Å². The quantitative estimate of drug-likeness (QED) is 0.676. The van der Waals surface area contributed by atoms with E-state index in [1.54, 1.807) is 0 Å². The van der Waals surface area contributed by atoms with Crippen molar-refractivity contribution in [3.8, 4) is 0 Å². The van der Waals surface area contributed by atoms with Gasteiger partial charge < -0.3 is 9.80 Å². The molecule has 3 heteroatoms. The van der Waals surface area contributed by atoms with Crippen molar-refractivity contribution in [3.05, 3.63) is 59.2 Å². The minimum atomic E-state index is 0.356. The van der Waals surface area contributed by atoms with Gasteiger partial charge in [-0.25, -0.2) is 0 Å². The summed E-state index contributed by atoms with van der Waals surface area (Å²) in [5.41, 5.74) is 6.84. The molecule has 1 aliphatic rings. The van der Waals surface area contributed by atoms with Crippen LogP contribution >= 0.6 is 0 Å². The van der Waals surface area contributed by atoms with Crippen molar-refractivity contribution >= 4 is 11.4 Å². The zero-order valence-corrected chi connectivity index (χ0v) is 17.7. The summed E-state index contributed by atoms with van der Waals surface area (Å²) in [5.74, 6) is 0. The van der Waals surface area contributed by atoms with Crippen LogP contribution in [0.5, 0.6) is 0 Å². The molecule has 1 saturated heterocycles. The Labute approximate surface area is 165 Å². The van der Waals surface area contributed by atoms with Crippen LogP contribution in [0, 0.1) is 6.92 Å². The second-order valence-corrected chi connectivity index (χ2v) is 7.84. The van der Waals surface area contributed by atoms with Crippen LogP contribution in [0.15, 0.2) is 42.5 Å². The molecule has 0 radical (unpaired) electrons. The van der Waals surface area contributed by atoms with Gasteiger partial charge >= 0.3 is 0 Å². The van der Waals surface area contributed by atoms with Crippen molar-refractivity contribution in [2.45, 2.75) is 39.7 Å². The lowest BCUT2D eigenvalue weighted by molar-refractivity contribution is 0.280. The summed E-state index contributed by atoms with van der Waals surface area (Å²) in [4.78, 5) is 7.25. The lowest BCUT2D eigenvalue weighted by Crippen LogP contribution is -2.27. The van der Waals surface area contributed by atoms with E-state index in [0.717, 1.165) is 13.1 Å². The van der Waals surface area contributed by atoms with Crippen molar-refractivity contribution in [2.24, 2.45) is 0 Å². The van der Waals surface area contributed by atoms with Gasteiger partial charge in [0.25, 0.3) is 0 Å². The lowest BCUT2D eigenvalue weighted by atomic mass is 9.93. The highest BCUT2D eigenvalue weighted by molar-refractivity contribution is 5.53. The van der Waals surface area contributed by atoms with Gasteiger partial charge in [0.1, 0.15) is 0 Å². The summed E-state index contributed by atoms with van der Waals surface area (Å²) in [6.45, 7) is 11.2. The molecule has 0 bridgehead atoms. The molecule has 0 saturated carbocycles. The van der Waals surface area contributed by atoms with Crippen molar-refractivity contribution < 1.29 is 0 Å². The fourth-order valence-electron chi connectivity index (χ4n) is 4.29. The van der Waals surface area contributed by atoms with Gasteiger partial charge in [0, 0.05) is 38.6 Å². The summed E-state index contributed by atoms with van der Waals surface area (Å²) in [7, 11) is 4.20. The van der Waals surface area contributed by atoms with Gasteiger partial charge in [0.15, 0.2) is 0 Å². The molecule has 0 aromatic heterocycles. The predicted octanol–water partition coefficient (Wildman–Crippen LogP) is 5.09. The lowest BCUT2D eigenvalue weighted by Gasteiger charge is -2.31. The van der Waals surface area contributed by atoms with E-state index in [1.165, 1.54) is 54.0 Å². The van der Waals surface area contributed by atoms with Crippen LogP contribution in [0.1, 0.15) is 49.4 Å². The molecule has 1 atom stereocenters. The number of hydrogen-bond donors (Lipinski definition) is 0. The van der Waals surface area contributed by atoms with E-state index in [2.05, 4.69) is 92.0 Å². The summed E-state index contributed by atoms with van der Waals surface area (Å²) in [6.07, 6.45) is 2.62. The zero-order valence-electron chi connectivity index (χ0n) is 17.7. The first-order chi connectivity index (χ1) is 13.0. The Morgan fingerprint density at radius 2 is 1.48 bits per heavy atom. The second kappa shape index (κ2) is 8.79. The van der Waals surface area contributed by atoms with Crippen molar-refractivity contribution in [2.75, 3.05) is 50.1 Å². The van der Waals surface area contributed by atoms with Crippen molar-refractivity contribution in [1.29, 1.82) is 0 Å². The highest BCUT2D eigenvalue weighted by Gasteiger charge is 2.26. The third-order valence-electron chi connectivity index (χ3n) is 5.91. The topological polar surface area (TPSA) is 9.72 Å². The van der Waals surface area contributed by atoms with Gasteiger partial charge in [-0.3, -0.25) is 4.90 Å². The first kappa shape index (κ1) is 19.8. The predicted molar refractivity (Wildman–Crippen MR) is 118 cm³/mol. The summed E-state index contributed by atoms with van der Waals surface area (Å²) in [5, 5.41) is 0. The summed E-state index contributed by atoms with van der Waals surface area (Å²) < 4.78 is 0.